The summed E-state index contributed by atoms with van der Waals surface area (Å²) in [4.78, 5) is 0. The van der Waals surface area contributed by atoms with Crippen molar-refractivity contribution in [3.05, 3.63) is 240 Å². The molecule has 0 aliphatic rings. The first-order valence-electron chi connectivity index (χ1n) is 16.8. The van der Waals surface area contributed by atoms with Crippen LogP contribution in [0.1, 0.15) is 38.9 Å². The molecule has 52 heavy (non-hydrogen) atoms. The Hall–Kier alpha value is -5.19. The largest absolute Gasteiger partial charge is 0.463 e. The zero-order valence-corrected chi connectivity index (χ0v) is 30.3. The van der Waals surface area contributed by atoms with Gasteiger partial charge in [0.25, 0.3) is 0 Å². The average Bonchev–Trinajstić information content (AvgIpc) is 3.21. The molecular weight excluding hydrogens is 707 g/mol. The number of alkyl halides is 3. The van der Waals surface area contributed by atoms with E-state index in [-0.39, 0.29) is 11.5 Å². The van der Waals surface area contributed by atoms with Gasteiger partial charge in [-0.1, -0.05) is 217 Å². The van der Waals surface area contributed by atoms with Crippen LogP contribution in [0.4, 0.5) is 0 Å². The molecule has 0 N–H and O–H groups in total. The molecule has 0 bridgehead atoms. The summed E-state index contributed by atoms with van der Waals surface area (Å²) in [6.07, 6.45) is 0. The molecule has 0 aliphatic heterocycles. The first kappa shape index (κ1) is 35.2. The van der Waals surface area contributed by atoms with Crippen LogP contribution in [0, 0.1) is 6.92 Å². The summed E-state index contributed by atoms with van der Waals surface area (Å²) >= 11 is 22.7. The maximum atomic E-state index is 7.63. The van der Waals surface area contributed by atoms with E-state index >= 15 is 0 Å². The minimum atomic E-state index is -1.50. The molecule has 3 nitrogen and oxygen atoms in total. The van der Waals surface area contributed by atoms with Gasteiger partial charge in [-0.3, -0.25) is 0 Å². The van der Waals surface area contributed by atoms with E-state index in [0.29, 0.717) is 33.6 Å². The lowest BCUT2D eigenvalue weighted by molar-refractivity contribution is 0.156. The van der Waals surface area contributed by atoms with Gasteiger partial charge in [-0.15, -0.1) is 0 Å². The Morgan fingerprint density at radius 3 is 0.923 bits per heavy atom. The number of rotatable bonds is 12. The van der Waals surface area contributed by atoms with Crippen molar-refractivity contribution in [3.8, 4) is 17.2 Å². The van der Waals surface area contributed by atoms with E-state index in [9.17, 15) is 0 Å². The van der Waals surface area contributed by atoms with Crippen molar-refractivity contribution in [2.24, 2.45) is 0 Å². The van der Waals surface area contributed by atoms with Gasteiger partial charge in [0.1, 0.15) is 5.75 Å². The van der Waals surface area contributed by atoms with Gasteiger partial charge in [0, 0.05) is 45.0 Å². The monoisotopic (exact) mass is 739 g/mol. The quantitative estimate of drug-likeness (QED) is 0.117. The van der Waals surface area contributed by atoms with Crippen LogP contribution in [0.15, 0.2) is 194 Å². The third-order valence-electron chi connectivity index (χ3n) is 8.73. The van der Waals surface area contributed by atoms with Crippen LogP contribution in [-0.4, -0.2) is 0 Å². The Balaban J connectivity index is 1.42. The molecule has 0 spiro atoms. The van der Waals surface area contributed by atoms with Crippen LogP contribution in [0.25, 0.3) is 0 Å². The van der Waals surface area contributed by atoms with Crippen molar-refractivity contribution >= 4 is 34.8 Å². The average molecular weight is 741 g/mol. The molecule has 0 amide bonds. The van der Waals surface area contributed by atoms with Crippen molar-refractivity contribution in [2.75, 3.05) is 0 Å². The summed E-state index contributed by atoms with van der Waals surface area (Å²) in [6, 6.07) is 61.1. The van der Waals surface area contributed by atoms with Crippen LogP contribution in [0.5, 0.6) is 17.2 Å². The first-order chi connectivity index (χ1) is 25.3. The zero-order valence-electron chi connectivity index (χ0n) is 28.0. The molecule has 0 unspecified atom stereocenters. The summed E-state index contributed by atoms with van der Waals surface area (Å²) in [5.74, 6) is 0.878. The highest BCUT2D eigenvalue weighted by atomic mass is 35.5. The van der Waals surface area contributed by atoms with Gasteiger partial charge in [0.2, 0.25) is 15.2 Å². The fraction of sp³-hybridized carbons (Fsp3) is 0.0652. The van der Waals surface area contributed by atoms with Gasteiger partial charge in [-0.05, 0) is 13.0 Å². The lowest BCUT2D eigenvalue weighted by Gasteiger charge is -2.35. The van der Waals surface area contributed by atoms with Gasteiger partial charge < -0.3 is 14.2 Å². The maximum Gasteiger partial charge on any atom is 0.234 e. The molecule has 0 saturated heterocycles. The summed E-state index contributed by atoms with van der Waals surface area (Å²) in [6.45, 7) is 4.43. The number of benzene rings is 7. The van der Waals surface area contributed by atoms with Crippen molar-refractivity contribution < 1.29 is 14.2 Å². The summed E-state index contributed by atoms with van der Waals surface area (Å²) in [5, 5.41) is -4.39. The minimum Gasteiger partial charge on any atom is -0.463 e. The highest BCUT2D eigenvalue weighted by Gasteiger charge is 2.40. The maximum absolute atomic E-state index is 7.63. The lowest BCUT2D eigenvalue weighted by Crippen LogP contribution is -2.31. The van der Waals surface area contributed by atoms with Crippen LogP contribution in [-0.2, 0) is 15.2 Å². The van der Waals surface area contributed by atoms with Crippen molar-refractivity contribution in [2.45, 2.75) is 15.2 Å². The predicted octanol–water partition coefficient (Wildman–Crippen LogP) is 12.4. The highest BCUT2D eigenvalue weighted by Crippen LogP contribution is 2.50. The van der Waals surface area contributed by atoms with Gasteiger partial charge in [0.15, 0.2) is 11.5 Å². The van der Waals surface area contributed by atoms with Crippen molar-refractivity contribution in [3.63, 3.8) is 0 Å². The zero-order chi connectivity index (χ0) is 36.0. The normalized spacial score (nSPS) is 11.8. The Morgan fingerprint density at radius 2 is 0.615 bits per heavy atom. The highest BCUT2D eigenvalue weighted by molar-refractivity contribution is 6.26. The molecule has 7 aromatic rings. The fourth-order valence-corrected chi connectivity index (χ4v) is 7.11. The smallest absolute Gasteiger partial charge is 0.234 e. The Kier molecular flexibility index (Phi) is 10.3. The van der Waals surface area contributed by atoms with Crippen LogP contribution in [0.2, 0.25) is 0 Å². The van der Waals surface area contributed by atoms with E-state index in [0.717, 1.165) is 11.1 Å². The third-order valence-corrected chi connectivity index (χ3v) is 10.3. The SMILES string of the molecule is [CH2]c1cc(OC(Cl)(c2ccccc2)c2ccccc2)cc(OC(Cl)(c2ccccc2)c2ccccc2)c1OC(Cl)(c1ccccc1)c1ccccc1. The molecule has 0 heterocycles. The Bertz CT molecular complexity index is 2080. The second-order valence-corrected chi connectivity index (χ2v) is 13.8. The number of ether oxygens (including phenoxy) is 3. The van der Waals surface area contributed by atoms with Crippen LogP contribution in [0.3, 0.4) is 0 Å². The van der Waals surface area contributed by atoms with Crippen molar-refractivity contribution in [1.29, 1.82) is 0 Å². The van der Waals surface area contributed by atoms with E-state index < -0.39 is 15.2 Å². The molecule has 7 aromatic carbocycles. The van der Waals surface area contributed by atoms with E-state index in [1.165, 1.54) is 0 Å². The van der Waals surface area contributed by atoms with Gasteiger partial charge in [0.05, 0.1) is 0 Å². The minimum absolute atomic E-state index is 0.238. The van der Waals surface area contributed by atoms with Gasteiger partial charge >= 0.3 is 0 Å². The van der Waals surface area contributed by atoms with Crippen LogP contribution >= 0.6 is 34.8 Å². The van der Waals surface area contributed by atoms with E-state index in [2.05, 4.69) is 6.92 Å². The topological polar surface area (TPSA) is 27.7 Å². The lowest BCUT2D eigenvalue weighted by atomic mass is 9.99. The number of halogens is 3. The second-order valence-electron chi connectivity index (χ2n) is 12.2. The van der Waals surface area contributed by atoms with Gasteiger partial charge in [-0.25, -0.2) is 0 Å². The first-order valence-corrected chi connectivity index (χ1v) is 17.9. The molecule has 7 rings (SSSR count). The van der Waals surface area contributed by atoms with Crippen molar-refractivity contribution in [1.82, 2.24) is 0 Å². The standard InChI is InChI=1S/C46H34Cl3O3/c1-34-32-41(50-44(47,35-20-8-2-9-21-35)36-22-10-3-11-23-36)33-42(51-45(48,37-24-12-4-13-25-37)38-26-14-5-15-27-38)43(34)52-46(49,39-28-16-6-17-29-39)40-30-18-7-19-31-40/h2-33H,1H2. The molecule has 1 radical (unpaired) electrons. The number of hydrogen-bond acceptors (Lipinski definition) is 3. The molecule has 6 heteroatoms. The van der Waals surface area contributed by atoms with Crippen LogP contribution < -0.4 is 14.2 Å². The molecule has 257 valence electrons. The predicted molar refractivity (Wildman–Crippen MR) is 211 cm³/mol. The van der Waals surface area contributed by atoms with E-state index in [1.54, 1.807) is 12.1 Å². The molecule has 0 aliphatic carbocycles. The molecule has 0 saturated carbocycles. The summed E-state index contributed by atoms with van der Waals surface area (Å²) < 4.78 is 20.7. The third kappa shape index (κ3) is 7.13. The molecule has 0 atom stereocenters. The number of hydrogen-bond donors (Lipinski definition) is 0. The fourth-order valence-electron chi connectivity index (χ4n) is 6.11. The Morgan fingerprint density at radius 1 is 0.346 bits per heavy atom. The second kappa shape index (κ2) is 15.2. The van der Waals surface area contributed by atoms with Gasteiger partial charge in [-0.2, -0.15) is 0 Å². The summed E-state index contributed by atoms with van der Waals surface area (Å²) in [7, 11) is 0. The van der Waals surface area contributed by atoms with E-state index in [1.807, 2.05) is 182 Å². The van der Waals surface area contributed by atoms with E-state index in [4.69, 9.17) is 49.0 Å². The molecular formula is C46H34Cl3O3. The Labute approximate surface area is 319 Å². The summed E-state index contributed by atoms with van der Waals surface area (Å²) in [5.41, 5.74) is 4.75. The molecule has 0 fully saturated rings. The molecule has 0 aromatic heterocycles.